The number of fused-ring (bicyclic) bond motifs is 6. The molecule has 0 radical (unpaired) electrons. The van der Waals surface area contributed by atoms with Crippen LogP contribution in [0.1, 0.15) is 93.6 Å². The standard InChI is InChI=1S/C55H52Cl4N2O24/c1-27(62)75-23-79-43(68)19-60(20-44(69)80-24-76-28(2)63)39-11-9-10-12-41(39)73-13-14-74-42-18-34-33(15-40(42)61(21-45(70)81-25-77-29(3)64)22-46(71)82-26-78-30(4)65)53(72)85-55(34)35-16-37(56)51(83-31(5)66)49(58)47(35)54(7,8)48-36(55)17-38(57)52(50(48)59)84-32(6)67/h9-12,15-18H,13-14,19-26H2,1-8H3. The molecular weight excluding hydrogens is 1210 g/mol. The summed E-state index contributed by atoms with van der Waals surface area (Å²) in [6, 6.07) is 11.2. The van der Waals surface area contributed by atoms with Gasteiger partial charge in [0.25, 0.3) is 0 Å². The number of anilines is 2. The fourth-order valence-corrected chi connectivity index (χ4v) is 10.4. The highest BCUT2D eigenvalue weighted by atomic mass is 35.5. The zero-order valence-corrected chi connectivity index (χ0v) is 49.4. The number of hydrogen-bond acceptors (Lipinski definition) is 26. The van der Waals surface area contributed by atoms with E-state index in [-0.39, 0.29) is 87.8 Å². The van der Waals surface area contributed by atoms with E-state index in [1.54, 1.807) is 19.9 Å². The van der Waals surface area contributed by atoms with Crippen LogP contribution in [0.4, 0.5) is 11.4 Å². The predicted molar refractivity (Wildman–Crippen MR) is 292 cm³/mol. The van der Waals surface area contributed by atoms with Crippen molar-refractivity contribution in [2.24, 2.45) is 0 Å². The molecule has 1 aliphatic carbocycles. The van der Waals surface area contributed by atoms with Crippen LogP contribution in [0.25, 0.3) is 0 Å². The molecule has 4 aromatic carbocycles. The Morgan fingerprint density at radius 1 is 0.471 bits per heavy atom. The van der Waals surface area contributed by atoms with Gasteiger partial charge in [0.2, 0.25) is 27.2 Å². The Bertz CT molecular complexity index is 3220. The fraction of sp³-hybridized carbons (Fsp3) is 0.364. The molecule has 6 rings (SSSR count). The summed E-state index contributed by atoms with van der Waals surface area (Å²) >= 11 is 28.2. The van der Waals surface area contributed by atoms with E-state index in [1.165, 1.54) is 47.4 Å². The molecule has 26 nitrogen and oxygen atoms in total. The van der Waals surface area contributed by atoms with Gasteiger partial charge >= 0.3 is 65.7 Å². The Labute approximate surface area is 503 Å². The predicted octanol–water partition coefficient (Wildman–Crippen LogP) is 6.58. The molecule has 1 heterocycles. The largest absolute Gasteiger partial charge is 0.488 e. The minimum absolute atomic E-state index is 0.0215. The van der Waals surface area contributed by atoms with E-state index in [9.17, 15) is 52.7 Å². The van der Waals surface area contributed by atoms with Crippen LogP contribution in [0.2, 0.25) is 20.1 Å². The van der Waals surface area contributed by atoms with E-state index in [1.807, 2.05) is 0 Å². The van der Waals surface area contributed by atoms with Crippen molar-refractivity contribution in [2.45, 2.75) is 66.4 Å². The molecule has 4 aromatic rings. The van der Waals surface area contributed by atoms with E-state index in [2.05, 4.69) is 0 Å². The number of ether oxygens (including phenoxy) is 13. The normalized spacial score (nSPS) is 12.8. The molecule has 0 fully saturated rings. The highest BCUT2D eigenvalue weighted by Gasteiger charge is 2.58. The summed E-state index contributed by atoms with van der Waals surface area (Å²) in [5, 5.41) is -0.929. The summed E-state index contributed by atoms with van der Waals surface area (Å²) in [7, 11) is 0. The average Bonchev–Trinajstić information content (AvgIpc) is 1.67. The van der Waals surface area contributed by atoms with Crippen molar-refractivity contribution in [1.82, 2.24) is 0 Å². The highest BCUT2D eigenvalue weighted by molar-refractivity contribution is 6.39. The van der Waals surface area contributed by atoms with Crippen molar-refractivity contribution >= 4 is 123 Å². The minimum atomic E-state index is -2.21. The van der Waals surface area contributed by atoms with Gasteiger partial charge < -0.3 is 71.4 Å². The van der Waals surface area contributed by atoms with Crippen LogP contribution in [0.5, 0.6) is 23.0 Å². The van der Waals surface area contributed by atoms with Crippen LogP contribution in [0.15, 0.2) is 48.5 Å². The molecule has 2 aliphatic rings. The molecule has 0 saturated carbocycles. The summed E-state index contributed by atoms with van der Waals surface area (Å²) in [6.07, 6.45) is 0. The topological polar surface area (TPSA) is 314 Å². The van der Waals surface area contributed by atoms with Gasteiger partial charge in [-0.1, -0.05) is 72.4 Å². The Morgan fingerprint density at radius 2 is 0.847 bits per heavy atom. The first-order valence-corrected chi connectivity index (χ1v) is 26.4. The van der Waals surface area contributed by atoms with Crippen molar-refractivity contribution in [3.63, 3.8) is 0 Å². The number of rotatable bonds is 25. The number of halogens is 4. The van der Waals surface area contributed by atoms with E-state index in [4.69, 9.17) is 108 Å². The second kappa shape index (κ2) is 28.3. The van der Waals surface area contributed by atoms with Gasteiger partial charge in [0.1, 0.15) is 50.9 Å². The summed E-state index contributed by atoms with van der Waals surface area (Å²) in [5.74, 6) is -10.7. The van der Waals surface area contributed by atoms with Crippen LogP contribution in [0.3, 0.4) is 0 Å². The Morgan fingerprint density at radius 3 is 1.24 bits per heavy atom. The SMILES string of the molecule is CC(=O)OCOC(=O)CN(CC(=O)OCOC(C)=O)c1ccccc1OCCOc1cc2c(cc1N(CC(=O)OCOC(C)=O)CC(=O)OCOC(C)=O)C(=O)OC21c2cc(Cl)c(OC(C)=O)c(Cl)c2C(C)(C)c2c1cc(Cl)c(OC(C)=O)c2Cl. The molecule has 0 amide bonds. The lowest BCUT2D eigenvalue weighted by Crippen LogP contribution is -2.42. The summed E-state index contributed by atoms with van der Waals surface area (Å²) < 4.78 is 69.4. The third kappa shape index (κ3) is 15.8. The number of esters is 11. The lowest BCUT2D eigenvalue weighted by atomic mass is 9.61. The summed E-state index contributed by atoms with van der Waals surface area (Å²) in [6.45, 7) is 2.74. The Balaban J connectivity index is 1.54. The van der Waals surface area contributed by atoms with Crippen LogP contribution >= 0.6 is 46.4 Å². The Hall–Kier alpha value is -8.59. The minimum Gasteiger partial charge on any atom is -0.488 e. The average molecular weight is 1270 g/mol. The lowest BCUT2D eigenvalue weighted by Gasteiger charge is -2.45. The maximum absolute atomic E-state index is 14.9. The first-order valence-electron chi connectivity index (χ1n) is 24.9. The smallest absolute Gasteiger partial charge is 0.340 e. The lowest BCUT2D eigenvalue weighted by molar-refractivity contribution is -0.167. The van der Waals surface area contributed by atoms with Crippen LogP contribution in [-0.4, -0.2) is 132 Å². The van der Waals surface area contributed by atoms with E-state index < -0.39 is 143 Å². The molecule has 0 atom stereocenters. The van der Waals surface area contributed by atoms with Crippen molar-refractivity contribution < 1.29 is 114 Å². The molecule has 0 unspecified atom stereocenters. The van der Waals surface area contributed by atoms with Gasteiger partial charge in [0, 0.05) is 63.6 Å². The molecule has 0 aromatic heterocycles. The number of benzene rings is 4. The molecule has 1 aliphatic heterocycles. The zero-order valence-electron chi connectivity index (χ0n) is 46.4. The molecule has 30 heteroatoms. The van der Waals surface area contributed by atoms with Gasteiger partial charge in [0.15, 0.2) is 17.1 Å². The molecule has 0 bridgehead atoms. The van der Waals surface area contributed by atoms with Gasteiger partial charge in [-0.2, -0.15) is 0 Å². The quantitative estimate of drug-likeness (QED) is 0.0222. The first kappa shape index (κ1) is 65.6. The number of carbonyl (C=O) groups is 11. The first-order chi connectivity index (χ1) is 40.1. The summed E-state index contributed by atoms with van der Waals surface area (Å²) in [5.41, 5.74) is -3.60. The second-order valence-electron chi connectivity index (χ2n) is 18.6. The molecule has 0 N–H and O–H groups in total. The summed E-state index contributed by atoms with van der Waals surface area (Å²) in [4.78, 5) is 141. The van der Waals surface area contributed by atoms with Gasteiger partial charge in [0.05, 0.1) is 37.0 Å². The van der Waals surface area contributed by atoms with Crippen molar-refractivity contribution in [3.8, 4) is 23.0 Å². The van der Waals surface area contributed by atoms with E-state index >= 15 is 0 Å². The van der Waals surface area contributed by atoms with Crippen molar-refractivity contribution in [1.29, 1.82) is 0 Å². The molecular formula is C55H52Cl4N2O24. The molecule has 454 valence electrons. The van der Waals surface area contributed by atoms with Gasteiger partial charge in [-0.25, -0.2) is 4.79 Å². The number of nitrogens with zero attached hydrogens (tertiary/aromatic N) is 2. The van der Waals surface area contributed by atoms with E-state index in [0.717, 1.165) is 46.4 Å². The van der Waals surface area contributed by atoms with Crippen LogP contribution < -0.4 is 28.7 Å². The third-order valence-corrected chi connectivity index (χ3v) is 13.4. The van der Waals surface area contributed by atoms with Crippen LogP contribution in [-0.2, 0) is 102 Å². The van der Waals surface area contributed by atoms with Crippen LogP contribution in [0, 0.1) is 0 Å². The number of hydrogen-bond donors (Lipinski definition) is 0. The molecule has 0 saturated heterocycles. The maximum Gasteiger partial charge on any atom is 0.340 e. The van der Waals surface area contributed by atoms with Gasteiger partial charge in [-0.15, -0.1) is 0 Å². The monoisotopic (exact) mass is 1260 g/mol. The second-order valence-corrected chi connectivity index (χ2v) is 20.1. The number of para-hydroxylation sites is 2. The van der Waals surface area contributed by atoms with Crippen molar-refractivity contribution in [3.05, 3.63) is 102 Å². The van der Waals surface area contributed by atoms with Gasteiger partial charge in [-0.3, -0.25) is 47.9 Å². The number of carbonyl (C=O) groups excluding carboxylic acids is 11. The Kier molecular flexibility index (Phi) is 21.8. The van der Waals surface area contributed by atoms with Crippen molar-refractivity contribution in [2.75, 3.05) is 76.4 Å². The van der Waals surface area contributed by atoms with E-state index in [0.29, 0.717) is 0 Å². The zero-order chi connectivity index (χ0) is 62.7. The molecule has 85 heavy (non-hydrogen) atoms. The third-order valence-electron chi connectivity index (χ3n) is 12.1. The highest BCUT2D eigenvalue weighted by Crippen LogP contribution is 2.63. The van der Waals surface area contributed by atoms with Gasteiger partial charge in [-0.05, 0) is 47.5 Å². The molecule has 1 spiro atoms. The fourth-order valence-electron chi connectivity index (χ4n) is 8.88. The maximum atomic E-state index is 14.9.